The normalized spacial score (nSPS) is 24.8. The fourth-order valence-electron chi connectivity index (χ4n) is 2.70. The highest BCUT2D eigenvalue weighted by Crippen LogP contribution is 2.31. The Bertz CT molecular complexity index is 708. The Morgan fingerprint density at radius 3 is 2.14 bits per heavy atom. The second-order valence-corrected chi connectivity index (χ2v) is 5.23. The molecule has 0 heterocycles. The van der Waals surface area contributed by atoms with Crippen molar-refractivity contribution < 1.29 is 19.8 Å². The van der Waals surface area contributed by atoms with Gasteiger partial charge in [0.1, 0.15) is 0 Å². The van der Waals surface area contributed by atoms with Gasteiger partial charge in [-0.3, -0.25) is 9.59 Å². The second kappa shape index (κ2) is 4.91. The fourth-order valence-corrected chi connectivity index (χ4v) is 2.70. The molecule has 0 spiro atoms. The predicted octanol–water partition coefficient (Wildman–Crippen LogP) is 1.40. The molecule has 2 aromatic rings. The monoisotopic (exact) mass is 282 g/mol. The van der Waals surface area contributed by atoms with Gasteiger partial charge in [0.25, 0.3) is 0 Å². The van der Waals surface area contributed by atoms with Crippen LogP contribution in [0, 0.1) is 0 Å². The van der Waals surface area contributed by atoms with E-state index in [1.807, 2.05) is 6.07 Å². The number of fused-ring (bicyclic) bond motifs is 1. The van der Waals surface area contributed by atoms with Gasteiger partial charge >= 0.3 is 0 Å². The van der Waals surface area contributed by atoms with Gasteiger partial charge in [-0.1, -0.05) is 54.6 Å². The van der Waals surface area contributed by atoms with E-state index in [1.165, 1.54) is 12.1 Å². The molecule has 2 N–H and O–H groups in total. The lowest BCUT2D eigenvalue weighted by Gasteiger charge is -2.35. The molecule has 4 heteroatoms. The molecule has 0 amide bonds. The van der Waals surface area contributed by atoms with E-state index in [0.717, 1.165) is 0 Å². The van der Waals surface area contributed by atoms with Gasteiger partial charge in [0.15, 0.2) is 23.3 Å². The Morgan fingerprint density at radius 2 is 1.48 bits per heavy atom. The number of carbonyl (C=O) groups is 2. The zero-order valence-corrected chi connectivity index (χ0v) is 11.2. The first-order valence-corrected chi connectivity index (χ1v) is 6.66. The summed E-state index contributed by atoms with van der Waals surface area (Å²) < 4.78 is 0. The van der Waals surface area contributed by atoms with Crippen LogP contribution >= 0.6 is 0 Å². The van der Waals surface area contributed by atoms with Crippen LogP contribution < -0.4 is 0 Å². The minimum atomic E-state index is -2.12. The highest BCUT2D eigenvalue weighted by atomic mass is 16.4. The lowest BCUT2D eigenvalue weighted by molar-refractivity contribution is -0.0404. The number of benzene rings is 2. The Labute approximate surface area is 121 Å². The van der Waals surface area contributed by atoms with E-state index in [9.17, 15) is 19.8 Å². The van der Waals surface area contributed by atoms with Gasteiger partial charge < -0.3 is 10.2 Å². The molecule has 2 aromatic carbocycles. The summed E-state index contributed by atoms with van der Waals surface area (Å²) in [6.07, 6.45) is -1.85. The van der Waals surface area contributed by atoms with Crippen LogP contribution in [0.4, 0.5) is 0 Å². The van der Waals surface area contributed by atoms with E-state index in [-0.39, 0.29) is 17.5 Å². The van der Waals surface area contributed by atoms with E-state index in [0.29, 0.717) is 5.56 Å². The summed E-state index contributed by atoms with van der Waals surface area (Å²) in [5.74, 6) is -1.24. The van der Waals surface area contributed by atoms with Gasteiger partial charge in [0.05, 0.1) is 0 Å². The lowest BCUT2D eigenvalue weighted by Crippen LogP contribution is -2.58. The molecule has 0 aromatic heterocycles. The van der Waals surface area contributed by atoms with Crippen molar-refractivity contribution in [3.8, 4) is 0 Å². The molecule has 0 fully saturated rings. The van der Waals surface area contributed by atoms with Crippen LogP contribution in [-0.2, 0) is 6.42 Å². The zero-order chi connectivity index (χ0) is 15.0. The van der Waals surface area contributed by atoms with Crippen molar-refractivity contribution in [1.82, 2.24) is 0 Å². The first-order valence-electron chi connectivity index (χ1n) is 6.66. The van der Waals surface area contributed by atoms with Crippen molar-refractivity contribution >= 4 is 11.6 Å². The Morgan fingerprint density at radius 1 is 0.905 bits per heavy atom. The van der Waals surface area contributed by atoms with Gasteiger partial charge in [0.2, 0.25) is 0 Å². The largest absolute Gasteiger partial charge is 0.381 e. The molecule has 0 unspecified atom stereocenters. The highest BCUT2D eigenvalue weighted by molar-refractivity contribution is 6.20. The van der Waals surface area contributed by atoms with Gasteiger partial charge in [-0.25, -0.2) is 0 Å². The van der Waals surface area contributed by atoms with Crippen molar-refractivity contribution in [2.45, 2.75) is 18.1 Å². The van der Waals surface area contributed by atoms with E-state index in [1.54, 1.807) is 36.4 Å². The maximum Gasteiger partial charge on any atom is 0.198 e. The predicted molar refractivity (Wildman–Crippen MR) is 76.2 cm³/mol. The average Bonchev–Trinajstić information content (AvgIpc) is 2.52. The van der Waals surface area contributed by atoms with Crippen molar-refractivity contribution in [3.05, 3.63) is 71.3 Å². The molecule has 1 aliphatic rings. The summed E-state index contributed by atoms with van der Waals surface area (Å²) in [5, 5.41) is 20.8. The Hall–Kier alpha value is -2.30. The lowest BCUT2D eigenvalue weighted by atomic mass is 9.73. The quantitative estimate of drug-likeness (QED) is 0.873. The fraction of sp³-hybridized carbons (Fsp3) is 0.176. The van der Waals surface area contributed by atoms with Crippen LogP contribution in [0.25, 0.3) is 0 Å². The minimum Gasteiger partial charge on any atom is -0.381 e. The maximum atomic E-state index is 12.5. The van der Waals surface area contributed by atoms with E-state index >= 15 is 0 Å². The van der Waals surface area contributed by atoms with E-state index in [2.05, 4.69) is 0 Å². The third-order valence-corrected chi connectivity index (χ3v) is 3.85. The standard InChI is InChI=1S/C17H14O4/c18-14-12-8-4-5-9-13(12)15(19)17(21,16(14)20)10-11-6-2-1-3-7-11/h1-9,16,20-21H,10H2/t16-,17+/m0/s1. The number of carbonyl (C=O) groups excluding carboxylic acids is 2. The summed E-state index contributed by atoms with van der Waals surface area (Å²) >= 11 is 0. The molecule has 0 saturated heterocycles. The van der Waals surface area contributed by atoms with Crippen LogP contribution in [0.1, 0.15) is 26.3 Å². The first-order chi connectivity index (χ1) is 10.0. The van der Waals surface area contributed by atoms with E-state index < -0.39 is 23.3 Å². The summed E-state index contributed by atoms with van der Waals surface area (Å²) in [6, 6.07) is 15.1. The molecule has 0 radical (unpaired) electrons. The van der Waals surface area contributed by atoms with Crippen LogP contribution in [0.5, 0.6) is 0 Å². The summed E-state index contributed by atoms with van der Waals surface area (Å²) in [6.45, 7) is 0. The number of rotatable bonds is 2. The van der Waals surface area contributed by atoms with Crippen molar-refractivity contribution in [2.24, 2.45) is 0 Å². The number of Topliss-reactive ketones (excluding diaryl/α,β-unsaturated/α-hetero) is 2. The number of aliphatic hydroxyl groups excluding tert-OH is 1. The summed E-state index contributed by atoms with van der Waals surface area (Å²) in [7, 11) is 0. The topological polar surface area (TPSA) is 74.6 Å². The maximum absolute atomic E-state index is 12.5. The molecule has 106 valence electrons. The Kier molecular flexibility index (Phi) is 3.20. The molecule has 0 saturated carbocycles. The van der Waals surface area contributed by atoms with Crippen LogP contribution in [0.3, 0.4) is 0 Å². The summed E-state index contributed by atoms with van der Waals surface area (Å²) in [5.41, 5.74) is -1.12. The van der Waals surface area contributed by atoms with Crippen molar-refractivity contribution in [2.75, 3.05) is 0 Å². The molecule has 2 atom stereocenters. The number of aliphatic hydroxyl groups is 2. The smallest absolute Gasteiger partial charge is 0.198 e. The Balaban J connectivity index is 2.07. The second-order valence-electron chi connectivity index (χ2n) is 5.23. The molecule has 21 heavy (non-hydrogen) atoms. The highest BCUT2D eigenvalue weighted by Gasteiger charge is 2.52. The third kappa shape index (κ3) is 2.09. The molecule has 3 rings (SSSR count). The molecule has 4 nitrogen and oxygen atoms in total. The summed E-state index contributed by atoms with van der Waals surface area (Å²) in [4.78, 5) is 24.7. The minimum absolute atomic E-state index is 0.103. The molecular formula is C17H14O4. The van der Waals surface area contributed by atoms with Crippen molar-refractivity contribution in [3.63, 3.8) is 0 Å². The van der Waals surface area contributed by atoms with Gasteiger partial charge in [-0.05, 0) is 5.56 Å². The zero-order valence-electron chi connectivity index (χ0n) is 11.2. The van der Waals surface area contributed by atoms with Crippen LogP contribution in [-0.4, -0.2) is 33.5 Å². The number of ketones is 2. The third-order valence-electron chi connectivity index (χ3n) is 3.85. The molecule has 0 bridgehead atoms. The van der Waals surface area contributed by atoms with E-state index in [4.69, 9.17) is 0 Å². The molecule has 1 aliphatic carbocycles. The average molecular weight is 282 g/mol. The van der Waals surface area contributed by atoms with Gasteiger partial charge in [-0.15, -0.1) is 0 Å². The SMILES string of the molecule is O=C1c2ccccc2C(=O)[C@](O)(Cc2ccccc2)[C@H]1O. The number of hydrogen-bond donors (Lipinski definition) is 2. The van der Waals surface area contributed by atoms with Crippen LogP contribution in [0.2, 0.25) is 0 Å². The van der Waals surface area contributed by atoms with Gasteiger partial charge in [-0.2, -0.15) is 0 Å². The van der Waals surface area contributed by atoms with Crippen molar-refractivity contribution in [1.29, 1.82) is 0 Å². The molecule has 0 aliphatic heterocycles. The number of hydrogen-bond acceptors (Lipinski definition) is 4. The van der Waals surface area contributed by atoms with Crippen LogP contribution in [0.15, 0.2) is 54.6 Å². The first kappa shape index (κ1) is 13.7. The van der Waals surface area contributed by atoms with Gasteiger partial charge in [0, 0.05) is 17.5 Å². The molecular weight excluding hydrogens is 268 g/mol.